The van der Waals surface area contributed by atoms with Gasteiger partial charge in [0.05, 0.1) is 24.2 Å². The summed E-state index contributed by atoms with van der Waals surface area (Å²) in [7, 11) is 0. The van der Waals surface area contributed by atoms with Gasteiger partial charge in [0.1, 0.15) is 11.6 Å². The number of para-hydroxylation sites is 2. The summed E-state index contributed by atoms with van der Waals surface area (Å²) in [6, 6.07) is 14.3. The van der Waals surface area contributed by atoms with E-state index in [4.69, 9.17) is 4.74 Å². The van der Waals surface area contributed by atoms with E-state index in [1.807, 2.05) is 25.1 Å². The lowest BCUT2D eigenvalue weighted by molar-refractivity contribution is -0.120. The number of aromatic nitrogens is 2. The lowest BCUT2D eigenvalue weighted by Crippen LogP contribution is -2.23. The lowest BCUT2D eigenvalue weighted by Gasteiger charge is -2.11. The first-order chi connectivity index (χ1) is 13.1. The highest BCUT2D eigenvalue weighted by atomic mass is 16.5. The summed E-state index contributed by atoms with van der Waals surface area (Å²) >= 11 is 0. The molecular weight excluding hydrogens is 338 g/mol. The molecule has 1 aromatic heterocycles. The van der Waals surface area contributed by atoms with Gasteiger partial charge in [-0.2, -0.15) is 0 Å². The molecule has 3 rings (SSSR count). The first-order valence-electron chi connectivity index (χ1n) is 9.48. The number of nitrogens with zero attached hydrogens (tertiary/aromatic N) is 2. The Morgan fingerprint density at radius 1 is 1.15 bits per heavy atom. The van der Waals surface area contributed by atoms with Crippen LogP contribution in [-0.2, 0) is 17.9 Å². The Hall–Kier alpha value is -2.82. The van der Waals surface area contributed by atoms with Crippen molar-refractivity contribution in [2.45, 2.75) is 46.7 Å². The highest BCUT2D eigenvalue weighted by molar-refractivity contribution is 5.77. The number of nitrogens with one attached hydrogen (secondary N) is 1. The minimum atomic E-state index is 0.0340. The van der Waals surface area contributed by atoms with Crippen molar-refractivity contribution in [1.82, 2.24) is 14.9 Å². The van der Waals surface area contributed by atoms with Gasteiger partial charge in [-0.25, -0.2) is 4.98 Å². The predicted molar refractivity (Wildman–Crippen MR) is 108 cm³/mol. The summed E-state index contributed by atoms with van der Waals surface area (Å²) in [5, 5.41) is 2.93. The molecule has 5 heteroatoms. The average Bonchev–Trinajstić information content (AvgIpc) is 3.00. The Balaban J connectivity index is 1.66. The smallest absolute Gasteiger partial charge is 0.220 e. The van der Waals surface area contributed by atoms with Crippen molar-refractivity contribution in [1.29, 1.82) is 0 Å². The van der Waals surface area contributed by atoms with E-state index in [2.05, 4.69) is 53.0 Å². The zero-order valence-corrected chi connectivity index (χ0v) is 16.3. The third-order valence-electron chi connectivity index (χ3n) is 4.49. The van der Waals surface area contributed by atoms with Crippen LogP contribution in [0.4, 0.5) is 0 Å². The highest BCUT2D eigenvalue weighted by Gasteiger charge is 2.11. The molecule has 0 unspecified atom stereocenters. The van der Waals surface area contributed by atoms with Crippen LogP contribution in [0.5, 0.6) is 5.75 Å². The Bertz CT molecular complexity index is 910. The molecule has 0 fully saturated rings. The summed E-state index contributed by atoms with van der Waals surface area (Å²) < 4.78 is 8.11. The molecular formula is C22H27N3O2. The first kappa shape index (κ1) is 19.0. The zero-order valence-electron chi connectivity index (χ0n) is 16.3. The van der Waals surface area contributed by atoms with Crippen molar-refractivity contribution < 1.29 is 9.53 Å². The Labute approximate surface area is 160 Å². The van der Waals surface area contributed by atoms with E-state index in [0.717, 1.165) is 35.6 Å². The van der Waals surface area contributed by atoms with Crippen LogP contribution < -0.4 is 10.1 Å². The fraction of sp³-hybridized carbons (Fsp3) is 0.364. The van der Waals surface area contributed by atoms with E-state index in [0.29, 0.717) is 19.6 Å². The lowest BCUT2D eigenvalue weighted by atomic mass is 10.1. The molecule has 0 radical (unpaired) electrons. The van der Waals surface area contributed by atoms with Gasteiger partial charge < -0.3 is 14.6 Å². The molecule has 0 atom stereocenters. The van der Waals surface area contributed by atoms with Gasteiger partial charge in [0.15, 0.2) is 0 Å². The second kappa shape index (κ2) is 8.71. The molecule has 1 heterocycles. The fourth-order valence-corrected chi connectivity index (χ4v) is 3.24. The third kappa shape index (κ3) is 4.88. The second-order valence-electron chi connectivity index (χ2n) is 6.82. The van der Waals surface area contributed by atoms with E-state index < -0.39 is 0 Å². The summed E-state index contributed by atoms with van der Waals surface area (Å²) in [5.41, 5.74) is 4.46. The number of ether oxygens (including phenoxy) is 1. The topological polar surface area (TPSA) is 56.2 Å². The van der Waals surface area contributed by atoms with Crippen LogP contribution in [0.3, 0.4) is 0 Å². The summed E-state index contributed by atoms with van der Waals surface area (Å²) in [6.45, 7) is 7.88. The van der Waals surface area contributed by atoms with Crippen LogP contribution in [0, 0.1) is 13.8 Å². The van der Waals surface area contributed by atoms with Gasteiger partial charge in [0, 0.05) is 13.0 Å². The third-order valence-corrected chi connectivity index (χ3v) is 4.49. The monoisotopic (exact) mass is 365 g/mol. The number of aryl methyl sites for hydroxylation is 3. The molecule has 0 aliphatic heterocycles. The zero-order chi connectivity index (χ0) is 19.2. The molecule has 142 valence electrons. The van der Waals surface area contributed by atoms with E-state index in [9.17, 15) is 4.79 Å². The number of amides is 1. The van der Waals surface area contributed by atoms with Gasteiger partial charge in [-0.1, -0.05) is 25.1 Å². The summed E-state index contributed by atoms with van der Waals surface area (Å²) in [5.74, 6) is 1.83. The Kier molecular flexibility index (Phi) is 6.12. The minimum Gasteiger partial charge on any atom is -0.494 e. The quantitative estimate of drug-likeness (QED) is 0.610. The number of carbonyl (C=O) groups is 1. The van der Waals surface area contributed by atoms with Gasteiger partial charge in [-0.3, -0.25) is 4.79 Å². The van der Waals surface area contributed by atoms with Gasteiger partial charge in [-0.15, -0.1) is 0 Å². The van der Waals surface area contributed by atoms with Crippen molar-refractivity contribution in [2.75, 3.05) is 6.61 Å². The van der Waals surface area contributed by atoms with Crippen molar-refractivity contribution in [2.24, 2.45) is 0 Å². The van der Waals surface area contributed by atoms with E-state index in [1.165, 1.54) is 11.1 Å². The number of fused-ring (bicyclic) bond motifs is 1. The van der Waals surface area contributed by atoms with Crippen LogP contribution >= 0.6 is 0 Å². The molecule has 2 aromatic carbocycles. The van der Waals surface area contributed by atoms with Crippen LogP contribution in [0.1, 0.15) is 36.7 Å². The van der Waals surface area contributed by atoms with Gasteiger partial charge in [0.25, 0.3) is 0 Å². The van der Waals surface area contributed by atoms with E-state index >= 15 is 0 Å². The average molecular weight is 365 g/mol. The van der Waals surface area contributed by atoms with Crippen LogP contribution in [-0.4, -0.2) is 22.1 Å². The number of imidazole rings is 1. The van der Waals surface area contributed by atoms with Crippen molar-refractivity contribution in [3.8, 4) is 5.75 Å². The fourth-order valence-electron chi connectivity index (χ4n) is 3.24. The van der Waals surface area contributed by atoms with Crippen molar-refractivity contribution in [3.05, 3.63) is 59.4 Å². The molecule has 0 aliphatic rings. The number of carbonyl (C=O) groups excluding carboxylic acids is 1. The van der Waals surface area contributed by atoms with Crippen LogP contribution in [0.25, 0.3) is 11.0 Å². The number of rotatable bonds is 8. The number of hydrogen-bond acceptors (Lipinski definition) is 3. The maximum atomic E-state index is 11.6. The Morgan fingerprint density at radius 2 is 1.89 bits per heavy atom. The predicted octanol–water partition coefficient (Wildman–Crippen LogP) is 4.15. The standard InChI is InChI=1S/C22H27N3O2/c1-4-22(26)23-15-21-24-19-8-5-6-9-20(19)25(21)10-7-11-27-18-13-16(2)12-17(3)14-18/h5-6,8-9,12-14H,4,7,10-11,15H2,1-3H3,(H,23,26). The maximum absolute atomic E-state index is 11.6. The molecule has 0 spiro atoms. The summed E-state index contributed by atoms with van der Waals surface area (Å²) in [6.07, 6.45) is 1.34. The molecule has 3 aromatic rings. The maximum Gasteiger partial charge on any atom is 0.220 e. The van der Waals surface area contributed by atoms with Crippen molar-refractivity contribution in [3.63, 3.8) is 0 Å². The molecule has 0 saturated carbocycles. The second-order valence-corrected chi connectivity index (χ2v) is 6.82. The van der Waals surface area contributed by atoms with Gasteiger partial charge in [-0.05, 0) is 55.7 Å². The minimum absolute atomic E-state index is 0.0340. The molecule has 0 bridgehead atoms. The highest BCUT2D eigenvalue weighted by Crippen LogP contribution is 2.18. The van der Waals surface area contributed by atoms with Gasteiger partial charge >= 0.3 is 0 Å². The molecule has 0 aliphatic carbocycles. The van der Waals surface area contributed by atoms with Crippen LogP contribution in [0.2, 0.25) is 0 Å². The Morgan fingerprint density at radius 3 is 2.63 bits per heavy atom. The van der Waals surface area contributed by atoms with Crippen molar-refractivity contribution >= 4 is 16.9 Å². The largest absolute Gasteiger partial charge is 0.494 e. The number of hydrogen-bond donors (Lipinski definition) is 1. The SMILES string of the molecule is CCC(=O)NCc1nc2ccccc2n1CCCOc1cc(C)cc(C)c1. The normalized spacial score (nSPS) is 10.9. The van der Waals surface area contributed by atoms with Crippen LogP contribution in [0.15, 0.2) is 42.5 Å². The molecule has 27 heavy (non-hydrogen) atoms. The van der Waals surface area contributed by atoms with E-state index in [1.54, 1.807) is 0 Å². The molecule has 1 amide bonds. The molecule has 1 N–H and O–H groups in total. The number of benzene rings is 2. The van der Waals surface area contributed by atoms with E-state index in [-0.39, 0.29) is 5.91 Å². The van der Waals surface area contributed by atoms with Gasteiger partial charge in [0.2, 0.25) is 5.91 Å². The molecule has 0 saturated heterocycles. The molecule has 5 nitrogen and oxygen atoms in total. The first-order valence-corrected chi connectivity index (χ1v) is 9.48. The summed E-state index contributed by atoms with van der Waals surface area (Å²) in [4.78, 5) is 16.3.